The van der Waals surface area contributed by atoms with E-state index in [1.807, 2.05) is 0 Å². The highest BCUT2D eigenvalue weighted by atomic mass is 19.3. The molecule has 34 heavy (non-hydrogen) atoms. The lowest BCUT2D eigenvalue weighted by Crippen LogP contribution is -2.27. The molecule has 3 aromatic rings. The average molecular weight is 471 g/mol. The molecular weight excluding hydrogens is 448 g/mol. The molecule has 0 aliphatic heterocycles. The molecule has 0 aliphatic rings. The van der Waals surface area contributed by atoms with Gasteiger partial charge in [-0.05, 0) is 43.7 Å². The number of alkyl halides is 2. The van der Waals surface area contributed by atoms with Crippen molar-refractivity contribution in [2.45, 2.75) is 26.3 Å². The van der Waals surface area contributed by atoms with Crippen molar-refractivity contribution in [1.29, 1.82) is 0 Å². The first-order valence-corrected chi connectivity index (χ1v) is 10.2. The Morgan fingerprint density at radius 2 is 1.74 bits per heavy atom. The Morgan fingerprint density at radius 1 is 1.06 bits per heavy atom. The smallest absolute Gasteiger partial charge is 0.337 e. The fourth-order valence-electron chi connectivity index (χ4n) is 3.28. The monoisotopic (exact) mass is 471 g/mol. The number of Topliss-reactive ketones (excluding diaryl/α,β-unsaturated/α-hetero) is 1. The van der Waals surface area contributed by atoms with E-state index in [-0.39, 0.29) is 17.4 Å². The Hall–Kier alpha value is -4.08. The molecule has 1 heterocycles. The van der Waals surface area contributed by atoms with Crippen LogP contribution in [0.15, 0.2) is 48.5 Å². The molecule has 0 saturated carbocycles. The number of esters is 1. The maximum absolute atomic E-state index is 13.7. The third-order valence-corrected chi connectivity index (χ3v) is 5.09. The molecular formula is C24H23F2N3O5. The van der Waals surface area contributed by atoms with Crippen LogP contribution in [0.2, 0.25) is 0 Å². The number of carbonyl (C=O) groups is 3. The molecule has 0 spiro atoms. The van der Waals surface area contributed by atoms with Crippen LogP contribution in [0.5, 0.6) is 11.6 Å². The number of halogens is 2. The van der Waals surface area contributed by atoms with Gasteiger partial charge in [-0.3, -0.25) is 9.59 Å². The van der Waals surface area contributed by atoms with Crippen LogP contribution in [0.4, 0.5) is 8.78 Å². The van der Waals surface area contributed by atoms with Gasteiger partial charge in [0.2, 0.25) is 5.88 Å². The van der Waals surface area contributed by atoms with Gasteiger partial charge in [0.25, 0.3) is 12.3 Å². The number of benzene rings is 2. The third-order valence-electron chi connectivity index (χ3n) is 5.09. The number of hydrogen-bond donors (Lipinski definition) is 1. The zero-order valence-electron chi connectivity index (χ0n) is 19.0. The number of nitrogens with zero attached hydrogens (tertiary/aromatic N) is 2. The number of nitrogens with one attached hydrogen (secondary N) is 1. The molecule has 178 valence electrons. The summed E-state index contributed by atoms with van der Waals surface area (Å²) < 4.78 is 38.8. The van der Waals surface area contributed by atoms with Crippen molar-refractivity contribution in [3.63, 3.8) is 0 Å². The molecule has 1 aromatic heterocycles. The van der Waals surface area contributed by atoms with Crippen molar-refractivity contribution in [2.24, 2.45) is 7.05 Å². The van der Waals surface area contributed by atoms with Gasteiger partial charge in [0.05, 0.1) is 18.7 Å². The first kappa shape index (κ1) is 24.6. The average Bonchev–Trinajstić information content (AvgIpc) is 3.15. The first-order chi connectivity index (χ1) is 16.1. The van der Waals surface area contributed by atoms with E-state index in [9.17, 15) is 23.2 Å². The van der Waals surface area contributed by atoms with Gasteiger partial charge < -0.3 is 14.8 Å². The summed E-state index contributed by atoms with van der Waals surface area (Å²) in [6.45, 7) is 3.05. The maximum atomic E-state index is 13.7. The first-order valence-electron chi connectivity index (χ1n) is 10.2. The van der Waals surface area contributed by atoms with Gasteiger partial charge in [-0.25, -0.2) is 18.3 Å². The van der Waals surface area contributed by atoms with Crippen LogP contribution >= 0.6 is 0 Å². The lowest BCUT2D eigenvalue weighted by molar-refractivity contribution is 0.0600. The van der Waals surface area contributed by atoms with Crippen LogP contribution in [0.25, 0.3) is 0 Å². The van der Waals surface area contributed by atoms with Crippen molar-refractivity contribution >= 4 is 17.7 Å². The number of ether oxygens (including phenoxy) is 2. The molecule has 8 nitrogen and oxygen atoms in total. The number of rotatable bonds is 8. The molecule has 0 aliphatic carbocycles. The highest BCUT2D eigenvalue weighted by Gasteiger charge is 2.30. The number of aryl methyl sites for hydroxylation is 1. The van der Waals surface area contributed by atoms with E-state index >= 15 is 0 Å². The van der Waals surface area contributed by atoms with Gasteiger partial charge in [0.15, 0.2) is 5.78 Å². The second-order valence-corrected chi connectivity index (χ2v) is 7.48. The summed E-state index contributed by atoms with van der Waals surface area (Å²) in [7, 11) is 2.64. The Balaban J connectivity index is 1.90. The number of amides is 1. The Kier molecular flexibility index (Phi) is 7.40. The second kappa shape index (κ2) is 10.2. The highest BCUT2D eigenvalue weighted by Crippen LogP contribution is 2.33. The zero-order chi connectivity index (χ0) is 25.0. The molecule has 0 saturated heterocycles. The van der Waals surface area contributed by atoms with E-state index in [0.717, 1.165) is 4.68 Å². The predicted molar refractivity (Wildman–Crippen MR) is 118 cm³/mol. The van der Waals surface area contributed by atoms with Crippen molar-refractivity contribution < 1.29 is 32.6 Å². The van der Waals surface area contributed by atoms with Crippen molar-refractivity contribution in [2.75, 3.05) is 7.11 Å². The maximum Gasteiger partial charge on any atom is 0.337 e. The zero-order valence-corrected chi connectivity index (χ0v) is 19.0. The summed E-state index contributed by atoms with van der Waals surface area (Å²) in [6.07, 6.45) is -3.03. The van der Waals surface area contributed by atoms with E-state index in [1.54, 1.807) is 31.2 Å². The van der Waals surface area contributed by atoms with E-state index in [4.69, 9.17) is 4.74 Å². The fraction of sp³-hybridized carbons (Fsp3) is 0.250. The molecule has 1 N–H and O–H groups in total. The minimum atomic E-state index is -3.03. The van der Waals surface area contributed by atoms with Crippen LogP contribution in [-0.4, -0.2) is 34.6 Å². The van der Waals surface area contributed by atoms with Gasteiger partial charge in [0.1, 0.15) is 17.0 Å². The number of methoxy groups -OCH3 is 1. The molecule has 3 rings (SSSR count). The van der Waals surface area contributed by atoms with Gasteiger partial charge >= 0.3 is 5.97 Å². The lowest BCUT2D eigenvalue weighted by Gasteiger charge is -2.16. The Morgan fingerprint density at radius 3 is 2.32 bits per heavy atom. The number of hydrogen-bond acceptors (Lipinski definition) is 6. The van der Waals surface area contributed by atoms with Crippen LogP contribution in [0, 0.1) is 0 Å². The number of carbonyl (C=O) groups excluding carboxylic acids is 3. The highest BCUT2D eigenvalue weighted by molar-refractivity contribution is 5.98. The molecule has 0 fully saturated rings. The minimum Gasteiger partial charge on any atom is -0.465 e. The van der Waals surface area contributed by atoms with E-state index in [1.165, 1.54) is 45.3 Å². The molecule has 0 unspecified atom stereocenters. The molecule has 0 bridgehead atoms. The number of aromatic nitrogens is 2. The summed E-state index contributed by atoms with van der Waals surface area (Å²) >= 11 is 0. The Labute approximate surface area is 194 Å². The SMILES string of the molecule is COC(=O)c1ccc([C@H](C)NC(=O)c2c(C(F)F)nn(C)c2Oc2cccc(C(C)=O)c2)cc1. The van der Waals surface area contributed by atoms with Gasteiger partial charge in [-0.15, -0.1) is 0 Å². The summed E-state index contributed by atoms with van der Waals surface area (Å²) in [5.41, 5.74) is 0.194. The van der Waals surface area contributed by atoms with E-state index in [0.29, 0.717) is 16.7 Å². The Bertz CT molecular complexity index is 1220. The van der Waals surface area contributed by atoms with Crippen LogP contribution < -0.4 is 10.1 Å². The van der Waals surface area contributed by atoms with E-state index < -0.39 is 35.6 Å². The summed E-state index contributed by atoms with van der Waals surface area (Å²) in [4.78, 5) is 36.3. The van der Waals surface area contributed by atoms with E-state index in [2.05, 4.69) is 15.2 Å². The standard InChI is InChI=1S/C24H23F2N3O5/c1-13(15-8-10-16(11-9-15)24(32)33-4)27-22(31)19-20(21(25)26)28-29(3)23(19)34-18-7-5-6-17(12-18)14(2)30/h5-13,21H,1-4H3,(H,27,31)/t13-/m0/s1. The van der Waals surface area contributed by atoms with Crippen molar-refractivity contribution in [3.8, 4) is 11.6 Å². The van der Waals surface area contributed by atoms with Gasteiger partial charge in [-0.1, -0.05) is 24.3 Å². The summed E-state index contributed by atoms with van der Waals surface area (Å²) in [5, 5.41) is 6.43. The quantitative estimate of drug-likeness (QED) is 0.380. The third kappa shape index (κ3) is 5.28. The van der Waals surface area contributed by atoms with Gasteiger partial charge in [-0.2, -0.15) is 5.10 Å². The van der Waals surface area contributed by atoms with Crippen molar-refractivity contribution in [1.82, 2.24) is 15.1 Å². The second-order valence-electron chi connectivity index (χ2n) is 7.48. The predicted octanol–water partition coefficient (Wildman–Crippen LogP) is 4.63. The topological polar surface area (TPSA) is 99.5 Å². The molecule has 1 atom stereocenters. The summed E-state index contributed by atoms with van der Waals surface area (Å²) in [5.74, 6) is -1.52. The number of ketones is 1. The molecule has 10 heteroatoms. The summed E-state index contributed by atoms with van der Waals surface area (Å²) in [6, 6.07) is 11.9. The van der Waals surface area contributed by atoms with Crippen LogP contribution in [-0.2, 0) is 11.8 Å². The van der Waals surface area contributed by atoms with Gasteiger partial charge in [0, 0.05) is 12.6 Å². The fourth-order valence-corrected chi connectivity index (χ4v) is 3.28. The van der Waals surface area contributed by atoms with Crippen LogP contribution in [0.3, 0.4) is 0 Å². The largest absolute Gasteiger partial charge is 0.465 e. The molecule has 1 amide bonds. The lowest BCUT2D eigenvalue weighted by atomic mass is 10.1. The minimum absolute atomic E-state index is 0.192. The van der Waals surface area contributed by atoms with Crippen LogP contribution in [0.1, 0.15) is 68.6 Å². The molecule has 0 radical (unpaired) electrons. The molecule has 2 aromatic carbocycles. The van der Waals surface area contributed by atoms with Crippen molar-refractivity contribution in [3.05, 3.63) is 76.5 Å². The normalized spacial score (nSPS) is 11.7.